The van der Waals surface area contributed by atoms with Crippen molar-refractivity contribution in [2.45, 2.75) is 0 Å². The molecule has 0 aromatic heterocycles. The van der Waals surface area contributed by atoms with Crippen LogP contribution in [0.5, 0.6) is 0 Å². The third kappa shape index (κ3) is 53.4. The van der Waals surface area contributed by atoms with Gasteiger partial charge in [0.15, 0.2) is 0 Å². The average Bonchev–Trinajstić information content (AvgIpc) is 0. The van der Waals surface area contributed by atoms with Gasteiger partial charge in [-0.3, -0.25) is 0 Å². The molecule has 0 saturated heterocycles. The summed E-state index contributed by atoms with van der Waals surface area (Å²) < 4.78 is 0. The monoisotopic (exact) mass is 282 g/mol. The summed E-state index contributed by atoms with van der Waals surface area (Å²) in [6.45, 7) is 0. The van der Waals surface area contributed by atoms with E-state index >= 15 is 0 Å². The van der Waals surface area contributed by atoms with E-state index in [0.29, 0.717) is 0 Å². The molecule has 32 valence electrons. The van der Waals surface area contributed by atoms with Gasteiger partial charge in [-0.1, -0.05) is 0 Å². The molecule has 0 unspecified atom stereocenters. The van der Waals surface area contributed by atoms with Crippen LogP contribution < -0.4 is 0 Å². The van der Waals surface area contributed by atoms with Gasteiger partial charge in [-0.25, -0.2) is 0 Å². The average molecular weight is 284 g/mol. The van der Waals surface area contributed by atoms with Gasteiger partial charge in [-0.05, 0) is 0 Å². The quantitative estimate of drug-likeness (QED) is 0.505. The summed E-state index contributed by atoms with van der Waals surface area (Å²) in [5.41, 5.74) is 0. The molecular weight excluding hydrogens is 284 g/mol. The maximum Gasteiger partial charge on any atom is 3.00 e. The van der Waals surface area contributed by atoms with Gasteiger partial charge in [-0.15, -0.1) is 0 Å². The maximum atomic E-state index is 0. The summed E-state index contributed by atoms with van der Waals surface area (Å²) in [5, 5.41) is 0. The fraction of sp³-hybridized carbons (Fsp3) is 0. The number of rotatable bonds is 0. The Morgan fingerprint density at radius 3 is 0.429 bits per heavy atom. The predicted molar refractivity (Wildman–Crippen MR) is 13.6 cm³/mol. The predicted octanol–water partition coefficient (Wildman–Crippen LogP) is -1.12. The van der Waals surface area contributed by atoms with Crippen LogP contribution in [0.4, 0.5) is 0 Å². The van der Waals surface area contributed by atoms with Crippen LogP contribution in [0.3, 0.4) is 0 Å². The molecule has 0 fully saturated rings. The van der Waals surface area contributed by atoms with Crippen LogP contribution in [0.1, 0.15) is 0 Å². The first-order valence-electron chi connectivity index (χ1n) is 0. The van der Waals surface area contributed by atoms with E-state index in [4.69, 9.17) is 0 Å². The van der Waals surface area contributed by atoms with Crippen molar-refractivity contribution in [2.24, 2.45) is 0 Å². The van der Waals surface area contributed by atoms with Gasteiger partial charge in [0, 0.05) is 52.4 Å². The van der Waals surface area contributed by atoms with Crippen molar-refractivity contribution in [3.63, 3.8) is 0 Å². The Bertz CT molecular complexity index is 10.9. The Hall–Kier alpha value is 2.71. The molecule has 7 heteroatoms. The first-order valence-corrected chi connectivity index (χ1v) is 0. The molecule has 7 heavy (non-hydrogen) atoms. The van der Waals surface area contributed by atoms with Gasteiger partial charge in [0.2, 0.25) is 0 Å². The molecule has 0 spiro atoms. The van der Waals surface area contributed by atoms with Crippen LogP contribution >= 0.6 is 0 Å². The van der Waals surface area contributed by atoms with E-state index in [9.17, 15) is 0 Å². The van der Waals surface area contributed by atoms with E-state index in [1.165, 1.54) is 0 Å². The topological polar surface area (TPSA) is 85.5 Å². The molecule has 0 aliphatic carbocycles. The van der Waals surface area contributed by atoms with Crippen molar-refractivity contribution in [1.29, 1.82) is 0 Å². The third-order valence-electron chi connectivity index (χ3n) is 0. The smallest absolute Gasteiger partial charge is 2.00 e. The largest absolute Gasteiger partial charge is 3.00 e. The number of hydrogen-bond acceptors (Lipinski definition) is 0. The van der Waals surface area contributed by atoms with Gasteiger partial charge in [0.05, 0.1) is 0 Å². The summed E-state index contributed by atoms with van der Waals surface area (Å²) in [5.74, 6) is 0. The second-order valence-corrected chi connectivity index (χ2v) is 0. The molecule has 0 saturated carbocycles. The minimum Gasteiger partial charge on any atom is -2.00 e. The molecule has 0 aromatic carbocycles. The Balaban J connectivity index is 0. The minimum absolute atomic E-state index is 0. The summed E-state index contributed by atoms with van der Waals surface area (Å²) in [4.78, 5) is 0. The first-order chi connectivity index (χ1) is 0. The zero-order valence-corrected chi connectivity index (χ0v) is 10.6. The van der Waals surface area contributed by atoms with Crippen LogP contribution in [0.25, 0.3) is 0 Å². The fourth-order valence-corrected chi connectivity index (χ4v) is 0. The normalized spacial score (nSPS) is 0. The van der Waals surface area contributed by atoms with Gasteiger partial charge in [-0.2, -0.15) is 0 Å². The first kappa shape index (κ1) is 100. The molecule has 0 radical (unpaired) electrons. The number of hydrogen-bond donors (Lipinski definition) is 0. The molecule has 0 N–H and O–H groups in total. The second-order valence-electron chi connectivity index (χ2n) is 0. The van der Waals surface area contributed by atoms with E-state index in [2.05, 4.69) is 0 Å². The molecule has 3 nitrogen and oxygen atoms in total. The molecule has 0 bridgehead atoms. The summed E-state index contributed by atoms with van der Waals surface area (Å²) in [7, 11) is 0. The van der Waals surface area contributed by atoms with Crippen LogP contribution in [0, 0.1) is 0 Å². The molecule has 0 atom stereocenters. The standard InChI is InChI=1S/2Al.3O.2Zr/q2*+3;3*-2;;. The van der Waals surface area contributed by atoms with Crippen molar-refractivity contribution in [3.05, 3.63) is 0 Å². The van der Waals surface area contributed by atoms with Crippen molar-refractivity contribution in [3.8, 4) is 0 Å². The van der Waals surface area contributed by atoms with Crippen molar-refractivity contribution >= 4 is 34.7 Å². The molecular formula is Al2O3Zr2. The van der Waals surface area contributed by atoms with Crippen molar-refractivity contribution < 1.29 is 68.8 Å². The fourth-order valence-electron chi connectivity index (χ4n) is 0. The Morgan fingerprint density at radius 1 is 0.429 bits per heavy atom. The van der Waals surface area contributed by atoms with Gasteiger partial charge in [0.1, 0.15) is 0 Å². The van der Waals surface area contributed by atoms with Gasteiger partial charge in [0.25, 0.3) is 0 Å². The van der Waals surface area contributed by atoms with Gasteiger partial charge >= 0.3 is 34.7 Å². The Morgan fingerprint density at radius 2 is 0.429 bits per heavy atom. The summed E-state index contributed by atoms with van der Waals surface area (Å²) >= 11 is 0. The molecule has 0 aliphatic rings. The van der Waals surface area contributed by atoms with E-state index in [1.54, 1.807) is 0 Å². The summed E-state index contributed by atoms with van der Waals surface area (Å²) in [6, 6.07) is 0. The second kappa shape index (κ2) is 70.5. The SMILES string of the molecule is [Al+3].[Al+3].[O-2].[O-2].[O-2].[Zr].[Zr]. The molecule has 0 heterocycles. The van der Waals surface area contributed by atoms with Crippen LogP contribution in [0.2, 0.25) is 0 Å². The van der Waals surface area contributed by atoms with Crippen LogP contribution in [0.15, 0.2) is 0 Å². The van der Waals surface area contributed by atoms with Crippen LogP contribution in [-0.2, 0) is 68.8 Å². The van der Waals surface area contributed by atoms with E-state index in [1.807, 2.05) is 0 Å². The van der Waals surface area contributed by atoms with Crippen LogP contribution in [-0.4, -0.2) is 34.7 Å². The minimum atomic E-state index is 0. The Labute approximate surface area is 102 Å². The van der Waals surface area contributed by atoms with Crippen molar-refractivity contribution in [1.82, 2.24) is 0 Å². The third-order valence-corrected chi connectivity index (χ3v) is 0. The maximum absolute atomic E-state index is 0. The van der Waals surface area contributed by atoms with Gasteiger partial charge < -0.3 is 16.4 Å². The summed E-state index contributed by atoms with van der Waals surface area (Å²) in [6.07, 6.45) is 0. The molecule has 0 rings (SSSR count). The zero-order chi connectivity index (χ0) is 0. The molecule has 0 aliphatic heterocycles. The molecule has 0 amide bonds. The van der Waals surface area contributed by atoms with E-state index in [0.717, 1.165) is 0 Å². The molecule has 0 aromatic rings. The zero-order valence-electron chi connectivity index (χ0n) is 3.38. The van der Waals surface area contributed by atoms with Crippen molar-refractivity contribution in [2.75, 3.05) is 0 Å². The Kier molecular flexibility index (Phi) is 1010. The van der Waals surface area contributed by atoms with E-state index < -0.39 is 0 Å². The van der Waals surface area contributed by atoms with E-state index in [-0.39, 0.29) is 104 Å².